The molecule has 0 aliphatic carbocycles. The minimum absolute atomic E-state index is 0.164. The molecule has 3 aromatic rings. The molecule has 4 rings (SSSR count). The van der Waals surface area contributed by atoms with Crippen molar-refractivity contribution in [1.29, 1.82) is 0 Å². The van der Waals surface area contributed by atoms with Gasteiger partial charge in [0, 0.05) is 24.2 Å². The third-order valence-electron chi connectivity index (χ3n) is 5.05. The fraction of sp³-hybridized carbons (Fsp3) is 0.182. The average Bonchev–Trinajstić information content (AvgIpc) is 2.67. The molecule has 144 valence electrons. The van der Waals surface area contributed by atoms with Gasteiger partial charge in [0.2, 0.25) is 0 Å². The second-order valence-corrected chi connectivity index (χ2v) is 6.67. The minimum Gasteiger partial charge on any atom is -0.497 e. The van der Waals surface area contributed by atoms with E-state index >= 15 is 0 Å². The number of ether oxygens (including phenoxy) is 1. The lowest BCUT2D eigenvalue weighted by molar-refractivity contribution is 0.413. The highest BCUT2D eigenvalue weighted by Gasteiger charge is 2.32. The Morgan fingerprint density at radius 1 is 0.821 bits per heavy atom. The summed E-state index contributed by atoms with van der Waals surface area (Å²) in [5.41, 5.74) is 2.08. The lowest BCUT2D eigenvalue weighted by Gasteiger charge is -2.39. The van der Waals surface area contributed by atoms with Crippen molar-refractivity contribution in [3.63, 3.8) is 0 Å². The van der Waals surface area contributed by atoms with Crippen LogP contribution in [-0.4, -0.2) is 13.7 Å². The van der Waals surface area contributed by atoms with Gasteiger partial charge in [0.25, 0.3) is 0 Å². The van der Waals surface area contributed by atoms with E-state index in [2.05, 4.69) is 0 Å². The van der Waals surface area contributed by atoms with Crippen LogP contribution >= 0.6 is 0 Å². The second-order valence-electron chi connectivity index (χ2n) is 6.67. The van der Waals surface area contributed by atoms with Crippen molar-refractivity contribution in [3.8, 4) is 5.75 Å². The van der Waals surface area contributed by atoms with Crippen LogP contribution in [0.5, 0.6) is 5.75 Å². The maximum atomic E-state index is 14.7. The van der Waals surface area contributed by atoms with E-state index in [9.17, 15) is 17.6 Å². The van der Waals surface area contributed by atoms with Gasteiger partial charge in [-0.25, -0.2) is 17.6 Å². The van der Waals surface area contributed by atoms with Gasteiger partial charge < -0.3 is 9.64 Å². The first kappa shape index (κ1) is 18.3. The summed E-state index contributed by atoms with van der Waals surface area (Å²) in [6.45, 7) is 0.379. The Balaban J connectivity index is 1.90. The van der Waals surface area contributed by atoms with Crippen LogP contribution in [0.4, 0.5) is 23.2 Å². The van der Waals surface area contributed by atoms with Crippen molar-refractivity contribution in [1.82, 2.24) is 0 Å². The van der Waals surface area contributed by atoms with E-state index < -0.39 is 29.3 Å². The van der Waals surface area contributed by atoms with E-state index in [0.717, 1.165) is 23.3 Å². The van der Waals surface area contributed by atoms with E-state index in [1.807, 2.05) is 6.07 Å². The molecule has 1 aliphatic rings. The zero-order valence-corrected chi connectivity index (χ0v) is 15.1. The number of anilines is 1. The molecule has 2 nitrogen and oxygen atoms in total. The Kier molecular flexibility index (Phi) is 4.71. The molecule has 1 heterocycles. The molecule has 0 unspecified atom stereocenters. The van der Waals surface area contributed by atoms with E-state index in [4.69, 9.17) is 4.74 Å². The SMILES string of the molecule is COc1ccc2c(c1)CCN(c1ccc(F)cc1F)[C@@H]2c1ccc(F)cc1F. The zero-order chi connectivity index (χ0) is 19.8. The lowest BCUT2D eigenvalue weighted by atomic mass is 9.87. The van der Waals surface area contributed by atoms with Crippen LogP contribution in [0, 0.1) is 23.3 Å². The van der Waals surface area contributed by atoms with Crippen LogP contribution in [-0.2, 0) is 6.42 Å². The molecule has 1 atom stereocenters. The molecule has 0 aromatic heterocycles. The van der Waals surface area contributed by atoms with Crippen LogP contribution in [0.1, 0.15) is 22.7 Å². The Morgan fingerprint density at radius 3 is 2.18 bits per heavy atom. The normalized spacial score (nSPS) is 16.0. The summed E-state index contributed by atoms with van der Waals surface area (Å²) < 4.78 is 61.3. The number of fused-ring (bicyclic) bond motifs is 1. The topological polar surface area (TPSA) is 12.5 Å². The van der Waals surface area contributed by atoms with Crippen molar-refractivity contribution in [2.24, 2.45) is 0 Å². The third-order valence-corrected chi connectivity index (χ3v) is 5.05. The smallest absolute Gasteiger partial charge is 0.149 e. The summed E-state index contributed by atoms with van der Waals surface area (Å²) in [4.78, 5) is 1.68. The van der Waals surface area contributed by atoms with E-state index in [-0.39, 0.29) is 11.3 Å². The van der Waals surface area contributed by atoms with Gasteiger partial charge in [-0.2, -0.15) is 0 Å². The number of hydrogen-bond donors (Lipinski definition) is 0. The van der Waals surface area contributed by atoms with Crippen LogP contribution in [0.15, 0.2) is 54.6 Å². The fourth-order valence-electron chi connectivity index (χ4n) is 3.76. The van der Waals surface area contributed by atoms with Crippen LogP contribution in [0.2, 0.25) is 0 Å². The molecule has 0 saturated heterocycles. The lowest BCUT2D eigenvalue weighted by Crippen LogP contribution is -2.37. The highest BCUT2D eigenvalue weighted by molar-refractivity contribution is 5.57. The summed E-state index contributed by atoms with van der Waals surface area (Å²) >= 11 is 0. The predicted molar refractivity (Wildman–Crippen MR) is 98.6 cm³/mol. The van der Waals surface area contributed by atoms with E-state index in [1.165, 1.54) is 24.3 Å². The van der Waals surface area contributed by atoms with Gasteiger partial charge in [0.1, 0.15) is 29.0 Å². The maximum absolute atomic E-state index is 14.7. The van der Waals surface area contributed by atoms with Gasteiger partial charge in [-0.15, -0.1) is 0 Å². The molecule has 0 fully saturated rings. The number of benzene rings is 3. The first-order valence-corrected chi connectivity index (χ1v) is 8.81. The first-order chi connectivity index (χ1) is 13.5. The van der Waals surface area contributed by atoms with Gasteiger partial charge in [-0.3, -0.25) is 0 Å². The Labute approximate surface area is 160 Å². The Hall–Kier alpha value is -3.02. The molecule has 0 spiro atoms. The Bertz CT molecular complexity index is 1040. The van der Waals surface area contributed by atoms with Crippen molar-refractivity contribution in [2.75, 3.05) is 18.6 Å². The number of methoxy groups -OCH3 is 1. The molecular weight excluding hydrogens is 370 g/mol. The molecule has 0 amide bonds. The molecule has 0 radical (unpaired) electrons. The molecule has 6 heteroatoms. The van der Waals surface area contributed by atoms with Crippen LogP contribution in [0.25, 0.3) is 0 Å². The highest BCUT2D eigenvalue weighted by atomic mass is 19.1. The molecule has 3 aromatic carbocycles. The summed E-state index contributed by atoms with van der Waals surface area (Å²) in [7, 11) is 1.56. The number of nitrogens with zero attached hydrogens (tertiary/aromatic N) is 1. The van der Waals surface area contributed by atoms with Crippen molar-refractivity contribution < 1.29 is 22.3 Å². The van der Waals surface area contributed by atoms with Crippen LogP contribution in [0.3, 0.4) is 0 Å². The predicted octanol–water partition coefficient (Wildman–Crippen LogP) is 5.40. The van der Waals surface area contributed by atoms with Crippen molar-refractivity contribution in [2.45, 2.75) is 12.5 Å². The third kappa shape index (κ3) is 3.19. The quantitative estimate of drug-likeness (QED) is 0.558. The first-order valence-electron chi connectivity index (χ1n) is 8.81. The summed E-state index contributed by atoms with van der Waals surface area (Å²) in [6.07, 6.45) is 0.572. The molecule has 0 saturated carbocycles. The zero-order valence-electron chi connectivity index (χ0n) is 15.1. The molecule has 1 aliphatic heterocycles. The van der Waals surface area contributed by atoms with Gasteiger partial charge in [0.05, 0.1) is 18.8 Å². The van der Waals surface area contributed by atoms with Gasteiger partial charge >= 0.3 is 0 Å². The average molecular weight is 387 g/mol. The molecular formula is C22H17F4NO. The second kappa shape index (κ2) is 7.19. The molecule has 0 N–H and O–H groups in total. The summed E-state index contributed by atoms with van der Waals surface area (Å²) in [5.74, 6) is -2.16. The van der Waals surface area contributed by atoms with Gasteiger partial charge in [0.15, 0.2) is 0 Å². The molecule has 28 heavy (non-hydrogen) atoms. The molecule has 0 bridgehead atoms. The number of hydrogen-bond acceptors (Lipinski definition) is 2. The van der Waals surface area contributed by atoms with E-state index in [0.29, 0.717) is 18.7 Å². The van der Waals surface area contributed by atoms with Crippen molar-refractivity contribution in [3.05, 3.63) is 94.6 Å². The van der Waals surface area contributed by atoms with Crippen LogP contribution < -0.4 is 9.64 Å². The standard InChI is InChI=1S/C22H17F4NO/c1-28-16-4-6-17-13(10-16)8-9-27(21-7-3-15(24)12-20(21)26)22(17)18-5-2-14(23)11-19(18)25/h2-7,10-12,22H,8-9H2,1H3/t22-/m0/s1. The Morgan fingerprint density at radius 2 is 1.50 bits per heavy atom. The summed E-state index contributed by atoms with van der Waals surface area (Å²) in [5, 5.41) is 0. The monoisotopic (exact) mass is 387 g/mol. The minimum atomic E-state index is -0.732. The number of halogens is 4. The fourth-order valence-corrected chi connectivity index (χ4v) is 3.76. The highest BCUT2D eigenvalue weighted by Crippen LogP contribution is 2.41. The largest absolute Gasteiger partial charge is 0.497 e. The van der Waals surface area contributed by atoms with Gasteiger partial charge in [-0.1, -0.05) is 12.1 Å². The number of rotatable bonds is 3. The maximum Gasteiger partial charge on any atom is 0.149 e. The summed E-state index contributed by atoms with van der Waals surface area (Å²) in [6, 6.07) is 11.4. The van der Waals surface area contributed by atoms with E-state index in [1.54, 1.807) is 24.1 Å². The van der Waals surface area contributed by atoms with Gasteiger partial charge in [-0.05, 0) is 47.9 Å². The van der Waals surface area contributed by atoms with Crippen molar-refractivity contribution >= 4 is 5.69 Å².